The molecular weight excluding hydrogens is 332 g/mol. The SMILES string of the molecule is COc1cccc(-n2cc(Nc3cc(OC)c4cnn(C)c4n3)cn2)c1. The Labute approximate surface area is 150 Å². The Morgan fingerprint density at radius 3 is 2.73 bits per heavy atom. The van der Waals surface area contributed by atoms with E-state index in [1.165, 1.54) is 0 Å². The summed E-state index contributed by atoms with van der Waals surface area (Å²) in [4.78, 5) is 4.60. The number of rotatable bonds is 5. The van der Waals surface area contributed by atoms with Crippen molar-refractivity contribution in [1.82, 2.24) is 24.5 Å². The monoisotopic (exact) mass is 350 g/mol. The highest BCUT2D eigenvalue weighted by atomic mass is 16.5. The molecule has 0 bridgehead atoms. The minimum Gasteiger partial charge on any atom is -0.497 e. The van der Waals surface area contributed by atoms with Crippen LogP contribution in [0.3, 0.4) is 0 Å². The lowest BCUT2D eigenvalue weighted by atomic mass is 10.3. The van der Waals surface area contributed by atoms with Crippen LogP contribution in [0.25, 0.3) is 16.7 Å². The molecule has 0 aliphatic rings. The molecule has 3 aromatic heterocycles. The number of nitrogens with zero attached hydrogens (tertiary/aromatic N) is 5. The number of aromatic nitrogens is 5. The summed E-state index contributed by atoms with van der Waals surface area (Å²) >= 11 is 0. The molecule has 0 aliphatic heterocycles. The fourth-order valence-electron chi connectivity index (χ4n) is 2.75. The number of nitrogens with one attached hydrogen (secondary N) is 1. The van der Waals surface area contributed by atoms with Crippen LogP contribution in [0.15, 0.2) is 48.9 Å². The summed E-state index contributed by atoms with van der Waals surface area (Å²) in [5, 5.41) is 12.8. The van der Waals surface area contributed by atoms with Gasteiger partial charge in [-0.1, -0.05) is 6.07 Å². The van der Waals surface area contributed by atoms with Crippen LogP contribution in [0.4, 0.5) is 11.5 Å². The van der Waals surface area contributed by atoms with Crippen molar-refractivity contribution in [1.29, 1.82) is 0 Å². The lowest BCUT2D eigenvalue weighted by Gasteiger charge is -2.07. The second kappa shape index (κ2) is 6.40. The minimum absolute atomic E-state index is 0.656. The van der Waals surface area contributed by atoms with Crippen LogP contribution in [-0.4, -0.2) is 38.8 Å². The van der Waals surface area contributed by atoms with Gasteiger partial charge in [0, 0.05) is 19.2 Å². The first kappa shape index (κ1) is 15.9. The third kappa shape index (κ3) is 2.81. The first-order valence-electron chi connectivity index (χ1n) is 8.01. The van der Waals surface area contributed by atoms with Gasteiger partial charge in [-0.2, -0.15) is 10.2 Å². The maximum absolute atomic E-state index is 5.45. The third-order valence-corrected chi connectivity index (χ3v) is 4.06. The molecule has 0 atom stereocenters. The number of ether oxygens (including phenoxy) is 2. The van der Waals surface area contributed by atoms with Gasteiger partial charge in [0.25, 0.3) is 0 Å². The summed E-state index contributed by atoms with van der Waals surface area (Å²) in [6, 6.07) is 9.53. The second-order valence-corrected chi connectivity index (χ2v) is 5.72. The van der Waals surface area contributed by atoms with E-state index in [4.69, 9.17) is 9.47 Å². The van der Waals surface area contributed by atoms with Gasteiger partial charge < -0.3 is 14.8 Å². The Balaban J connectivity index is 1.65. The number of hydrogen-bond donors (Lipinski definition) is 1. The predicted octanol–water partition coefficient (Wildman–Crippen LogP) is 2.91. The Hall–Kier alpha value is -3.55. The molecule has 132 valence electrons. The lowest BCUT2D eigenvalue weighted by molar-refractivity contribution is 0.414. The van der Waals surface area contributed by atoms with E-state index in [0.717, 1.165) is 28.2 Å². The first-order valence-corrected chi connectivity index (χ1v) is 8.01. The molecule has 3 heterocycles. The van der Waals surface area contributed by atoms with Gasteiger partial charge in [0.15, 0.2) is 5.65 Å². The van der Waals surface area contributed by atoms with E-state index in [1.807, 2.05) is 43.6 Å². The summed E-state index contributed by atoms with van der Waals surface area (Å²) in [6.45, 7) is 0. The zero-order valence-electron chi connectivity index (χ0n) is 14.7. The summed E-state index contributed by atoms with van der Waals surface area (Å²) in [7, 11) is 5.12. The van der Waals surface area contributed by atoms with Crippen molar-refractivity contribution in [3.63, 3.8) is 0 Å². The van der Waals surface area contributed by atoms with Crippen LogP contribution < -0.4 is 14.8 Å². The lowest BCUT2D eigenvalue weighted by Crippen LogP contribution is -1.98. The highest BCUT2D eigenvalue weighted by molar-refractivity contribution is 5.84. The van der Waals surface area contributed by atoms with Gasteiger partial charge in [-0.3, -0.25) is 4.68 Å². The molecular formula is C18H18N6O2. The molecule has 0 amide bonds. The molecule has 4 aromatic rings. The molecule has 0 aliphatic carbocycles. The fraction of sp³-hybridized carbons (Fsp3) is 0.167. The second-order valence-electron chi connectivity index (χ2n) is 5.72. The van der Waals surface area contributed by atoms with Crippen molar-refractivity contribution < 1.29 is 9.47 Å². The van der Waals surface area contributed by atoms with Gasteiger partial charge in [-0.25, -0.2) is 9.67 Å². The van der Waals surface area contributed by atoms with E-state index in [9.17, 15) is 0 Å². The molecule has 4 rings (SSSR count). The van der Waals surface area contributed by atoms with Crippen LogP contribution in [0.5, 0.6) is 11.5 Å². The molecule has 1 N–H and O–H groups in total. The van der Waals surface area contributed by atoms with Gasteiger partial charge in [0.2, 0.25) is 0 Å². The topological polar surface area (TPSA) is 79.0 Å². The van der Waals surface area contributed by atoms with Crippen molar-refractivity contribution in [3.8, 4) is 17.2 Å². The number of aryl methyl sites for hydroxylation is 1. The Kier molecular flexibility index (Phi) is 3.92. The molecule has 26 heavy (non-hydrogen) atoms. The standard InChI is InChI=1S/C18H18N6O2/c1-23-18-15(10-19-23)16(26-3)8-17(22-18)21-12-9-20-24(11-12)13-5-4-6-14(7-13)25-2/h4-11H,1-3H3,(H,21,22). The number of benzene rings is 1. The van der Waals surface area contributed by atoms with E-state index in [0.29, 0.717) is 11.6 Å². The van der Waals surface area contributed by atoms with Gasteiger partial charge in [0.1, 0.15) is 17.3 Å². The maximum Gasteiger partial charge on any atom is 0.163 e. The zero-order valence-corrected chi connectivity index (χ0v) is 14.7. The summed E-state index contributed by atoms with van der Waals surface area (Å²) in [5.74, 6) is 2.15. The summed E-state index contributed by atoms with van der Waals surface area (Å²) in [6.07, 6.45) is 5.36. The van der Waals surface area contributed by atoms with Gasteiger partial charge in [-0.05, 0) is 12.1 Å². The molecule has 1 aromatic carbocycles. The Bertz CT molecular complexity index is 1070. The normalized spacial score (nSPS) is 10.9. The van der Waals surface area contributed by atoms with E-state index < -0.39 is 0 Å². The molecule has 8 nitrogen and oxygen atoms in total. The molecule has 0 radical (unpaired) electrons. The molecule has 0 spiro atoms. The first-order chi connectivity index (χ1) is 12.7. The Morgan fingerprint density at radius 1 is 1.04 bits per heavy atom. The van der Waals surface area contributed by atoms with Crippen LogP contribution in [0.2, 0.25) is 0 Å². The quantitative estimate of drug-likeness (QED) is 0.596. The highest BCUT2D eigenvalue weighted by Crippen LogP contribution is 2.28. The van der Waals surface area contributed by atoms with Crippen molar-refractivity contribution >= 4 is 22.5 Å². The van der Waals surface area contributed by atoms with Gasteiger partial charge in [-0.15, -0.1) is 0 Å². The largest absolute Gasteiger partial charge is 0.497 e. The molecule has 8 heteroatoms. The molecule has 0 saturated carbocycles. The van der Waals surface area contributed by atoms with Crippen molar-refractivity contribution in [2.45, 2.75) is 0 Å². The number of hydrogen-bond acceptors (Lipinski definition) is 6. The van der Waals surface area contributed by atoms with Crippen LogP contribution in [0, 0.1) is 0 Å². The van der Waals surface area contributed by atoms with Gasteiger partial charge in [0.05, 0.1) is 49.6 Å². The number of fused-ring (bicyclic) bond motifs is 1. The smallest absolute Gasteiger partial charge is 0.163 e. The minimum atomic E-state index is 0.656. The van der Waals surface area contributed by atoms with Crippen LogP contribution in [-0.2, 0) is 7.05 Å². The van der Waals surface area contributed by atoms with Crippen LogP contribution in [0.1, 0.15) is 0 Å². The molecule has 0 unspecified atom stereocenters. The maximum atomic E-state index is 5.45. The Morgan fingerprint density at radius 2 is 1.92 bits per heavy atom. The van der Waals surface area contributed by atoms with Crippen LogP contribution >= 0.6 is 0 Å². The fourth-order valence-corrected chi connectivity index (χ4v) is 2.75. The summed E-state index contributed by atoms with van der Waals surface area (Å²) in [5.41, 5.74) is 2.46. The zero-order chi connectivity index (χ0) is 18.1. The van der Waals surface area contributed by atoms with Crippen molar-refractivity contribution in [2.75, 3.05) is 19.5 Å². The number of anilines is 2. The number of methoxy groups -OCH3 is 2. The molecule has 0 saturated heterocycles. The average Bonchev–Trinajstić information content (AvgIpc) is 3.28. The van der Waals surface area contributed by atoms with E-state index in [1.54, 1.807) is 36.0 Å². The third-order valence-electron chi connectivity index (χ3n) is 4.06. The number of pyridine rings is 1. The summed E-state index contributed by atoms with van der Waals surface area (Å²) < 4.78 is 14.2. The van der Waals surface area contributed by atoms with Crippen molar-refractivity contribution in [3.05, 3.63) is 48.9 Å². The van der Waals surface area contributed by atoms with E-state index >= 15 is 0 Å². The van der Waals surface area contributed by atoms with Gasteiger partial charge >= 0.3 is 0 Å². The predicted molar refractivity (Wildman–Crippen MR) is 98.5 cm³/mol. The highest BCUT2D eigenvalue weighted by Gasteiger charge is 2.11. The molecule has 0 fully saturated rings. The van der Waals surface area contributed by atoms with E-state index in [2.05, 4.69) is 20.5 Å². The average molecular weight is 350 g/mol. The van der Waals surface area contributed by atoms with Crippen molar-refractivity contribution in [2.24, 2.45) is 7.05 Å². The van der Waals surface area contributed by atoms with E-state index in [-0.39, 0.29) is 0 Å².